The Balaban J connectivity index is 1.61. The first-order chi connectivity index (χ1) is 11.8. The van der Waals surface area contributed by atoms with Crippen LogP contribution >= 0.6 is 0 Å². The van der Waals surface area contributed by atoms with Crippen molar-refractivity contribution < 1.29 is 9.53 Å². The molecule has 0 aliphatic carbocycles. The number of hydrogen-bond donors (Lipinski definition) is 1. The predicted octanol–water partition coefficient (Wildman–Crippen LogP) is 2.83. The molecular formula is C18H26N4O2. The van der Waals surface area contributed by atoms with Crippen LogP contribution in [0.25, 0.3) is 5.52 Å². The second kappa shape index (κ2) is 8.15. The first kappa shape index (κ1) is 16.8. The maximum absolute atomic E-state index is 11.7. The van der Waals surface area contributed by atoms with Crippen molar-refractivity contribution in [3.63, 3.8) is 0 Å². The second-order valence-electron chi connectivity index (χ2n) is 6.35. The van der Waals surface area contributed by atoms with Crippen molar-refractivity contribution in [1.82, 2.24) is 19.8 Å². The molecule has 6 heteroatoms. The van der Waals surface area contributed by atoms with E-state index < -0.39 is 0 Å². The Morgan fingerprint density at radius 3 is 3.21 bits per heavy atom. The Morgan fingerprint density at radius 2 is 2.33 bits per heavy atom. The molecule has 1 aliphatic heterocycles. The molecule has 1 fully saturated rings. The molecular weight excluding hydrogens is 304 g/mol. The number of pyridine rings is 1. The van der Waals surface area contributed by atoms with Gasteiger partial charge in [0.15, 0.2) is 0 Å². The fourth-order valence-electron chi connectivity index (χ4n) is 3.23. The highest BCUT2D eigenvalue weighted by Gasteiger charge is 2.24. The largest absolute Gasteiger partial charge is 0.448 e. The minimum atomic E-state index is -0.307. The third-order valence-electron chi connectivity index (χ3n) is 4.55. The number of ether oxygens (including phenoxy) is 1. The highest BCUT2D eigenvalue weighted by Crippen LogP contribution is 2.21. The number of amides is 1. The lowest BCUT2D eigenvalue weighted by molar-refractivity contribution is 0.0642. The van der Waals surface area contributed by atoms with Crippen LogP contribution in [-0.4, -0.2) is 46.3 Å². The van der Waals surface area contributed by atoms with Gasteiger partial charge in [0.25, 0.3) is 0 Å². The molecule has 2 aromatic heterocycles. The van der Waals surface area contributed by atoms with Crippen LogP contribution in [0.15, 0.2) is 30.6 Å². The van der Waals surface area contributed by atoms with Gasteiger partial charge < -0.3 is 10.1 Å². The molecule has 0 spiro atoms. The third-order valence-corrected chi connectivity index (χ3v) is 4.55. The van der Waals surface area contributed by atoms with Crippen molar-refractivity contribution in [2.75, 3.05) is 19.7 Å². The van der Waals surface area contributed by atoms with Gasteiger partial charge in [-0.25, -0.2) is 9.31 Å². The van der Waals surface area contributed by atoms with Gasteiger partial charge in [0, 0.05) is 30.9 Å². The highest BCUT2D eigenvalue weighted by atomic mass is 16.5. The summed E-state index contributed by atoms with van der Waals surface area (Å²) in [6.07, 6.45) is 7.97. The fourth-order valence-corrected chi connectivity index (χ4v) is 3.23. The highest BCUT2D eigenvalue weighted by molar-refractivity contribution is 5.67. The summed E-state index contributed by atoms with van der Waals surface area (Å²) >= 11 is 0. The maximum atomic E-state index is 11.7. The quantitative estimate of drug-likeness (QED) is 0.885. The summed E-state index contributed by atoms with van der Waals surface area (Å²) in [6.45, 7) is 5.02. The number of rotatable bonds is 6. The number of hydrogen-bond acceptors (Lipinski definition) is 4. The molecule has 1 saturated heterocycles. The van der Waals surface area contributed by atoms with Gasteiger partial charge >= 0.3 is 6.09 Å². The first-order valence-electron chi connectivity index (χ1n) is 8.84. The molecule has 130 valence electrons. The second-order valence-corrected chi connectivity index (χ2v) is 6.35. The van der Waals surface area contributed by atoms with E-state index in [0.29, 0.717) is 13.2 Å². The van der Waals surface area contributed by atoms with Crippen molar-refractivity contribution in [2.45, 2.75) is 45.2 Å². The third kappa shape index (κ3) is 4.06. The molecule has 0 radical (unpaired) electrons. The van der Waals surface area contributed by atoms with Crippen LogP contribution in [0, 0.1) is 0 Å². The van der Waals surface area contributed by atoms with E-state index in [1.54, 1.807) is 0 Å². The maximum Gasteiger partial charge on any atom is 0.407 e. The van der Waals surface area contributed by atoms with Crippen molar-refractivity contribution in [1.29, 1.82) is 0 Å². The Kier molecular flexibility index (Phi) is 5.69. The van der Waals surface area contributed by atoms with E-state index in [1.807, 2.05) is 36.0 Å². The Morgan fingerprint density at radius 1 is 1.42 bits per heavy atom. The van der Waals surface area contributed by atoms with Gasteiger partial charge in [-0.15, -0.1) is 0 Å². The van der Waals surface area contributed by atoms with E-state index in [9.17, 15) is 4.79 Å². The summed E-state index contributed by atoms with van der Waals surface area (Å²) < 4.78 is 7.31. The summed E-state index contributed by atoms with van der Waals surface area (Å²) in [5.74, 6) is 0. The molecule has 1 N–H and O–H groups in total. The smallest absolute Gasteiger partial charge is 0.407 e. The lowest BCUT2D eigenvalue weighted by Gasteiger charge is -2.35. The predicted molar refractivity (Wildman–Crippen MR) is 92.9 cm³/mol. The van der Waals surface area contributed by atoms with E-state index >= 15 is 0 Å². The average Bonchev–Trinajstić information content (AvgIpc) is 3.02. The standard InChI is InChI=1S/C18H26N4O2/c1-2-9-19-18(23)24-14-16-7-3-5-10-21(16)13-15-12-20-22-11-6-4-8-17(15)22/h4,6,8,11-12,16H,2-3,5,7,9-10,13-14H2,1H3,(H,19,23). The van der Waals surface area contributed by atoms with Crippen molar-refractivity contribution >= 4 is 11.6 Å². The summed E-state index contributed by atoms with van der Waals surface area (Å²) in [6, 6.07) is 6.39. The number of carbonyl (C=O) groups is 1. The number of piperidine rings is 1. The van der Waals surface area contributed by atoms with Crippen LogP contribution in [0.5, 0.6) is 0 Å². The minimum Gasteiger partial charge on any atom is -0.448 e. The first-order valence-corrected chi connectivity index (χ1v) is 8.84. The molecule has 1 aliphatic rings. The van der Waals surface area contributed by atoms with E-state index in [-0.39, 0.29) is 12.1 Å². The summed E-state index contributed by atoms with van der Waals surface area (Å²) in [7, 11) is 0. The molecule has 0 bridgehead atoms. The van der Waals surface area contributed by atoms with Gasteiger partial charge in [0.1, 0.15) is 6.61 Å². The van der Waals surface area contributed by atoms with Gasteiger partial charge in [0.05, 0.1) is 11.7 Å². The SMILES string of the molecule is CCCNC(=O)OCC1CCCCN1Cc1cnn2ccccc12. The van der Waals surface area contributed by atoms with Gasteiger partial charge in [-0.1, -0.05) is 19.4 Å². The zero-order valence-electron chi connectivity index (χ0n) is 14.3. The monoisotopic (exact) mass is 330 g/mol. The lowest BCUT2D eigenvalue weighted by Crippen LogP contribution is -2.43. The van der Waals surface area contributed by atoms with Crippen LogP contribution in [-0.2, 0) is 11.3 Å². The number of fused-ring (bicyclic) bond motifs is 1. The zero-order chi connectivity index (χ0) is 16.8. The van der Waals surface area contributed by atoms with Gasteiger partial charge in [0.2, 0.25) is 0 Å². The molecule has 0 aromatic carbocycles. The van der Waals surface area contributed by atoms with Crippen LogP contribution in [0.2, 0.25) is 0 Å². The van der Waals surface area contributed by atoms with E-state index in [0.717, 1.165) is 31.4 Å². The number of aromatic nitrogens is 2. The van der Waals surface area contributed by atoms with E-state index in [2.05, 4.69) is 21.4 Å². The molecule has 2 aromatic rings. The van der Waals surface area contributed by atoms with Crippen molar-refractivity contribution in [3.05, 3.63) is 36.2 Å². The Bertz CT molecular complexity index is 670. The van der Waals surface area contributed by atoms with Crippen molar-refractivity contribution in [3.8, 4) is 0 Å². The topological polar surface area (TPSA) is 58.9 Å². The molecule has 0 saturated carbocycles. The molecule has 3 heterocycles. The zero-order valence-corrected chi connectivity index (χ0v) is 14.3. The van der Waals surface area contributed by atoms with Gasteiger partial charge in [-0.05, 0) is 37.9 Å². The normalized spacial score (nSPS) is 18.6. The van der Waals surface area contributed by atoms with Crippen molar-refractivity contribution in [2.24, 2.45) is 0 Å². The Hall–Kier alpha value is -2.08. The van der Waals surface area contributed by atoms with Crippen LogP contribution < -0.4 is 5.32 Å². The minimum absolute atomic E-state index is 0.282. The van der Waals surface area contributed by atoms with Crippen LogP contribution in [0.4, 0.5) is 4.79 Å². The average molecular weight is 330 g/mol. The number of nitrogens with one attached hydrogen (secondary N) is 1. The van der Waals surface area contributed by atoms with Crippen LogP contribution in [0.3, 0.4) is 0 Å². The molecule has 3 rings (SSSR count). The van der Waals surface area contributed by atoms with Gasteiger partial charge in [-0.3, -0.25) is 4.90 Å². The molecule has 6 nitrogen and oxygen atoms in total. The number of nitrogens with zero attached hydrogens (tertiary/aromatic N) is 3. The number of likely N-dealkylation sites (tertiary alicyclic amines) is 1. The van der Waals surface area contributed by atoms with Crippen LogP contribution in [0.1, 0.15) is 38.2 Å². The van der Waals surface area contributed by atoms with E-state index in [4.69, 9.17) is 4.74 Å². The lowest BCUT2D eigenvalue weighted by atomic mass is 10.0. The summed E-state index contributed by atoms with van der Waals surface area (Å²) in [5, 5.41) is 7.18. The molecule has 24 heavy (non-hydrogen) atoms. The molecule has 1 unspecified atom stereocenters. The fraction of sp³-hybridized carbons (Fsp3) is 0.556. The Labute approximate surface area is 142 Å². The molecule has 1 amide bonds. The van der Waals surface area contributed by atoms with E-state index in [1.165, 1.54) is 18.4 Å². The number of alkyl carbamates (subject to hydrolysis) is 1. The molecule has 1 atom stereocenters. The number of carbonyl (C=O) groups excluding carboxylic acids is 1. The summed E-state index contributed by atoms with van der Waals surface area (Å²) in [4.78, 5) is 14.1. The van der Waals surface area contributed by atoms with Gasteiger partial charge in [-0.2, -0.15) is 5.10 Å². The summed E-state index contributed by atoms with van der Waals surface area (Å²) in [5.41, 5.74) is 2.36.